The van der Waals surface area contributed by atoms with E-state index in [9.17, 15) is 0 Å². The first kappa shape index (κ1) is 14.2. The molecule has 6 heteroatoms. The molecular formula is C11H17IN4O. The van der Waals surface area contributed by atoms with Crippen molar-refractivity contribution in [3.63, 3.8) is 0 Å². The third-order valence-electron chi connectivity index (χ3n) is 2.02. The molecular weight excluding hydrogens is 331 g/mol. The van der Waals surface area contributed by atoms with E-state index in [4.69, 9.17) is 10.6 Å². The lowest BCUT2D eigenvalue weighted by Gasteiger charge is -2.13. The fourth-order valence-electron chi connectivity index (χ4n) is 1.29. The number of methoxy groups -OCH3 is 1. The van der Waals surface area contributed by atoms with Crippen molar-refractivity contribution < 1.29 is 4.74 Å². The lowest BCUT2D eigenvalue weighted by Crippen LogP contribution is -2.37. The highest BCUT2D eigenvalue weighted by Gasteiger charge is 2.04. The Balaban J connectivity index is 2.73. The van der Waals surface area contributed by atoms with Gasteiger partial charge in [-0.3, -0.25) is 5.43 Å². The molecule has 0 saturated carbocycles. The van der Waals surface area contributed by atoms with Gasteiger partial charge in [0.2, 0.25) is 5.96 Å². The number of aliphatic imine (C=N–C) groups is 1. The molecule has 17 heavy (non-hydrogen) atoms. The minimum atomic E-state index is 0.0416. The maximum Gasteiger partial charge on any atom is 0.210 e. The van der Waals surface area contributed by atoms with E-state index in [0.29, 0.717) is 12.6 Å². The van der Waals surface area contributed by atoms with Crippen molar-refractivity contribution in [2.45, 2.75) is 13.0 Å². The van der Waals surface area contributed by atoms with Crippen molar-refractivity contribution in [1.82, 2.24) is 5.43 Å². The average molecular weight is 348 g/mol. The van der Waals surface area contributed by atoms with Crippen molar-refractivity contribution >= 4 is 34.2 Å². The van der Waals surface area contributed by atoms with Crippen LogP contribution in [0.3, 0.4) is 0 Å². The first-order chi connectivity index (χ1) is 8.17. The first-order valence-electron chi connectivity index (χ1n) is 5.22. The van der Waals surface area contributed by atoms with Gasteiger partial charge in [-0.1, -0.05) is 12.1 Å². The number of nitrogens with two attached hydrogens (primary N) is 1. The summed E-state index contributed by atoms with van der Waals surface area (Å²) >= 11 is 2.25. The van der Waals surface area contributed by atoms with E-state index < -0.39 is 0 Å². The van der Waals surface area contributed by atoms with E-state index in [-0.39, 0.29) is 6.04 Å². The number of nitrogens with one attached hydrogen (secondary N) is 2. The van der Waals surface area contributed by atoms with Crippen LogP contribution in [0.15, 0.2) is 29.3 Å². The molecule has 0 fully saturated rings. The predicted molar refractivity (Wildman–Crippen MR) is 78.9 cm³/mol. The Morgan fingerprint density at radius 3 is 2.82 bits per heavy atom. The Labute approximate surface area is 115 Å². The van der Waals surface area contributed by atoms with Crippen LogP contribution in [-0.2, 0) is 4.74 Å². The molecule has 1 unspecified atom stereocenters. The highest BCUT2D eigenvalue weighted by molar-refractivity contribution is 14.1. The van der Waals surface area contributed by atoms with Gasteiger partial charge in [0.05, 0.1) is 18.3 Å². The van der Waals surface area contributed by atoms with Gasteiger partial charge in [0.1, 0.15) is 0 Å². The molecule has 1 aromatic rings. The van der Waals surface area contributed by atoms with Gasteiger partial charge in [-0.05, 0) is 41.6 Å². The highest BCUT2D eigenvalue weighted by atomic mass is 127. The average Bonchev–Trinajstić information content (AvgIpc) is 2.31. The second-order valence-corrected chi connectivity index (χ2v) is 4.69. The number of guanidine groups is 1. The number of rotatable bonds is 4. The summed E-state index contributed by atoms with van der Waals surface area (Å²) in [5.74, 6) is 5.96. The van der Waals surface area contributed by atoms with Gasteiger partial charge in [0.25, 0.3) is 0 Å². The van der Waals surface area contributed by atoms with Gasteiger partial charge in [-0.2, -0.15) is 0 Å². The summed E-state index contributed by atoms with van der Waals surface area (Å²) < 4.78 is 6.12. The first-order valence-corrected chi connectivity index (χ1v) is 6.30. The molecule has 0 bridgehead atoms. The van der Waals surface area contributed by atoms with E-state index in [2.05, 4.69) is 38.3 Å². The van der Waals surface area contributed by atoms with Crippen molar-refractivity contribution in [2.75, 3.05) is 19.0 Å². The molecule has 1 aromatic carbocycles. The van der Waals surface area contributed by atoms with Gasteiger partial charge < -0.3 is 10.1 Å². The van der Waals surface area contributed by atoms with E-state index in [1.807, 2.05) is 31.2 Å². The summed E-state index contributed by atoms with van der Waals surface area (Å²) in [6.45, 7) is 2.51. The smallest absolute Gasteiger partial charge is 0.210 e. The summed E-state index contributed by atoms with van der Waals surface area (Å²) in [7, 11) is 1.65. The number of hydrazine groups is 1. The number of para-hydroxylation sites is 1. The predicted octanol–water partition coefficient (Wildman–Crippen LogP) is 1.56. The van der Waals surface area contributed by atoms with Gasteiger partial charge >= 0.3 is 0 Å². The Morgan fingerprint density at radius 2 is 2.24 bits per heavy atom. The Hall–Kier alpha value is -0.860. The molecule has 0 aliphatic rings. The minimum absolute atomic E-state index is 0.0416. The van der Waals surface area contributed by atoms with Crippen LogP contribution in [-0.4, -0.2) is 25.7 Å². The van der Waals surface area contributed by atoms with Gasteiger partial charge in [-0.25, -0.2) is 10.8 Å². The Morgan fingerprint density at radius 1 is 1.53 bits per heavy atom. The van der Waals surface area contributed by atoms with Crippen LogP contribution >= 0.6 is 22.6 Å². The van der Waals surface area contributed by atoms with Crippen molar-refractivity contribution in [3.8, 4) is 0 Å². The van der Waals surface area contributed by atoms with Crippen molar-refractivity contribution in [3.05, 3.63) is 27.8 Å². The number of ether oxygens (including phenoxy) is 1. The quantitative estimate of drug-likeness (QED) is 0.254. The van der Waals surface area contributed by atoms with Crippen LogP contribution < -0.4 is 16.6 Å². The number of hydrogen-bond acceptors (Lipinski definition) is 3. The SMILES string of the molecule is COCC(C)N=C(NN)Nc1ccccc1I. The molecule has 0 aliphatic carbocycles. The van der Waals surface area contributed by atoms with Gasteiger partial charge in [-0.15, -0.1) is 0 Å². The van der Waals surface area contributed by atoms with Crippen LogP contribution in [0.4, 0.5) is 5.69 Å². The van der Waals surface area contributed by atoms with E-state index >= 15 is 0 Å². The zero-order chi connectivity index (χ0) is 12.7. The summed E-state index contributed by atoms with van der Waals surface area (Å²) in [6, 6.07) is 7.95. The molecule has 1 rings (SSSR count). The molecule has 0 saturated heterocycles. The Kier molecular flexibility index (Phi) is 6.23. The Bertz CT molecular complexity index is 383. The fraction of sp³-hybridized carbons (Fsp3) is 0.364. The van der Waals surface area contributed by atoms with E-state index in [1.165, 1.54) is 0 Å². The number of anilines is 1. The monoisotopic (exact) mass is 348 g/mol. The molecule has 94 valence electrons. The minimum Gasteiger partial charge on any atom is -0.382 e. The molecule has 0 aromatic heterocycles. The molecule has 0 aliphatic heterocycles. The lowest BCUT2D eigenvalue weighted by molar-refractivity contribution is 0.185. The number of nitrogens with zero attached hydrogens (tertiary/aromatic N) is 1. The van der Waals surface area contributed by atoms with Crippen molar-refractivity contribution in [2.24, 2.45) is 10.8 Å². The summed E-state index contributed by atoms with van der Waals surface area (Å²) in [6.07, 6.45) is 0. The standard InChI is InChI=1S/C11H17IN4O/c1-8(7-17-2)14-11(16-13)15-10-6-4-3-5-9(10)12/h3-6,8H,7,13H2,1-2H3,(H2,14,15,16). The fourth-order valence-corrected chi connectivity index (χ4v) is 1.82. The number of benzene rings is 1. The van der Waals surface area contributed by atoms with Crippen LogP contribution in [0, 0.1) is 3.57 Å². The van der Waals surface area contributed by atoms with Crippen LogP contribution in [0.2, 0.25) is 0 Å². The molecule has 4 N–H and O–H groups in total. The normalized spacial score (nSPS) is 13.3. The molecule has 5 nitrogen and oxygen atoms in total. The van der Waals surface area contributed by atoms with Crippen molar-refractivity contribution in [1.29, 1.82) is 0 Å². The second kappa shape index (κ2) is 7.46. The molecule has 0 spiro atoms. The van der Waals surface area contributed by atoms with Crippen LogP contribution in [0.1, 0.15) is 6.92 Å². The molecule has 1 atom stereocenters. The van der Waals surface area contributed by atoms with Crippen LogP contribution in [0.25, 0.3) is 0 Å². The largest absolute Gasteiger partial charge is 0.382 e. The molecule has 0 radical (unpaired) electrons. The zero-order valence-electron chi connectivity index (χ0n) is 9.90. The summed E-state index contributed by atoms with van der Waals surface area (Å²) in [5.41, 5.74) is 3.51. The zero-order valence-corrected chi connectivity index (χ0v) is 12.1. The second-order valence-electron chi connectivity index (χ2n) is 3.53. The van der Waals surface area contributed by atoms with Gasteiger partial charge in [0, 0.05) is 10.7 Å². The summed E-state index contributed by atoms with van der Waals surface area (Å²) in [4.78, 5) is 4.36. The van der Waals surface area contributed by atoms with E-state index in [1.54, 1.807) is 7.11 Å². The van der Waals surface area contributed by atoms with Crippen LogP contribution in [0.5, 0.6) is 0 Å². The van der Waals surface area contributed by atoms with E-state index in [0.717, 1.165) is 9.26 Å². The number of halogens is 1. The topological polar surface area (TPSA) is 71.7 Å². The lowest BCUT2D eigenvalue weighted by atomic mass is 10.3. The maximum absolute atomic E-state index is 5.43. The maximum atomic E-state index is 5.43. The number of hydrogen-bond donors (Lipinski definition) is 3. The summed E-state index contributed by atoms with van der Waals surface area (Å²) in [5, 5.41) is 3.14. The van der Waals surface area contributed by atoms with Gasteiger partial charge in [0.15, 0.2) is 0 Å². The third kappa shape index (κ3) is 4.88. The molecule has 0 amide bonds. The highest BCUT2D eigenvalue weighted by Crippen LogP contribution is 2.16. The molecule has 0 heterocycles. The third-order valence-corrected chi connectivity index (χ3v) is 2.96.